The molecule has 0 spiro atoms. The number of H-pyrrole nitrogens is 1. The normalized spacial score (nSPS) is 14.6. The molecule has 0 unspecified atom stereocenters. The summed E-state index contributed by atoms with van der Waals surface area (Å²) in [6.07, 6.45) is 3.56. The molecule has 6 nitrogen and oxygen atoms in total. The molecule has 130 valence electrons. The minimum Gasteiger partial charge on any atom is -0.325 e. The predicted octanol–water partition coefficient (Wildman–Crippen LogP) is 3.56. The molecule has 2 amide bonds. The molecule has 2 heterocycles. The van der Waals surface area contributed by atoms with E-state index >= 15 is 0 Å². The number of carbonyl (C=O) groups is 2. The van der Waals surface area contributed by atoms with Crippen LogP contribution >= 0.6 is 0 Å². The van der Waals surface area contributed by atoms with Crippen LogP contribution in [-0.4, -0.2) is 22.0 Å². The fourth-order valence-electron chi connectivity index (χ4n) is 3.09. The van der Waals surface area contributed by atoms with Crippen LogP contribution in [0.5, 0.6) is 0 Å². The monoisotopic (exact) mass is 346 g/mol. The minimum absolute atomic E-state index is 0.0557. The highest BCUT2D eigenvalue weighted by molar-refractivity contribution is 6.09. The summed E-state index contributed by atoms with van der Waals surface area (Å²) in [7, 11) is 0. The number of nitrogens with zero attached hydrogens (tertiary/aromatic N) is 1. The zero-order valence-electron chi connectivity index (χ0n) is 14.5. The average Bonchev–Trinajstić information content (AvgIpc) is 3.23. The summed E-state index contributed by atoms with van der Waals surface area (Å²) in [5.41, 5.74) is 4.23. The lowest BCUT2D eigenvalue weighted by molar-refractivity contribution is -0.119. The molecule has 3 N–H and O–H groups in total. The lowest BCUT2D eigenvalue weighted by Crippen LogP contribution is -2.26. The summed E-state index contributed by atoms with van der Waals surface area (Å²) in [5, 5.41) is 12.4. The Bertz CT molecular complexity index is 989. The maximum Gasteiger partial charge on any atom is 0.255 e. The quantitative estimate of drug-likeness (QED) is 0.678. The van der Waals surface area contributed by atoms with Gasteiger partial charge in [-0.3, -0.25) is 14.7 Å². The number of benzene rings is 2. The van der Waals surface area contributed by atoms with Crippen LogP contribution in [0.1, 0.15) is 29.8 Å². The number of aromatic nitrogens is 2. The van der Waals surface area contributed by atoms with E-state index in [0.29, 0.717) is 16.9 Å². The van der Waals surface area contributed by atoms with Gasteiger partial charge in [0.25, 0.3) is 5.91 Å². The molecule has 4 rings (SSSR count). The highest BCUT2D eigenvalue weighted by atomic mass is 16.2. The van der Waals surface area contributed by atoms with Gasteiger partial charge in [-0.05, 0) is 49.2 Å². The summed E-state index contributed by atoms with van der Waals surface area (Å²) >= 11 is 0. The van der Waals surface area contributed by atoms with Gasteiger partial charge in [-0.2, -0.15) is 5.10 Å². The molecule has 0 aliphatic carbocycles. The summed E-state index contributed by atoms with van der Waals surface area (Å²) in [6, 6.07) is 12.8. The number of carbonyl (C=O) groups excluding carboxylic acids is 2. The largest absolute Gasteiger partial charge is 0.325 e. The van der Waals surface area contributed by atoms with E-state index in [9.17, 15) is 9.59 Å². The lowest BCUT2D eigenvalue weighted by atomic mass is 9.86. The predicted molar refractivity (Wildman–Crippen MR) is 100 cm³/mol. The molecule has 0 saturated carbocycles. The number of nitrogens with one attached hydrogen (secondary N) is 3. The van der Waals surface area contributed by atoms with E-state index in [2.05, 4.69) is 20.8 Å². The number of amides is 2. The molecule has 0 atom stereocenters. The Labute approximate surface area is 150 Å². The van der Waals surface area contributed by atoms with Gasteiger partial charge in [0.2, 0.25) is 5.91 Å². The second-order valence-corrected chi connectivity index (χ2v) is 6.86. The van der Waals surface area contributed by atoms with Gasteiger partial charge in [-0.1, -0.05) is 18.2 Å². The highest BCUT2D eigenvalue weighted by Gasteiger charge is 2.38. The van der Waals surface area contributed by atoms with Crippen LogP contribution in [0.3, 0.4) is 0 Å². The van der Waals surface area contributed by atoms with E-state index < -0.39 is 5.41 Å². The van der Waals surface area contributed by atoms with Crippen molar-refractivity contribution in [3.8, 4) is 11.1 Å². The van der Waals surface area contributed by atoms with Crippen molar-refractivity contribution >= 4 is 23.2 Å². The first-order valence-electron chi connectivity index (χ1n) is 8.32. The van der Waals surface area contributed by atoms with Gasteiger partial charge >= 0.3 is 0 Å². The Hall–Kier alpha value is -3.41. The smallest absolute Gasteiger partial charge is 0.255 e. The number of hydrogen-bond donors (Lipinski definition) is 3. The van der Waals surface area contributed by atoms with Gasteiger partial charge in [0, 0.05) is 28.7 Å². The van der Waals surface area contributed by atoms with Crippen molar-refractivity contribution < 1.29 is 9.59 Å². The standard InChI is InChI=1S/C20H18N4O2/c1-20(2)16-8-5-13(9-17(16)24-19(20)26)18(25)23-15-6-3-12(4-7-15)14-10-21-22-11-14/h3-11H,1-2H3,(H,21,22)(H,23,25)(H,24,26). The number of rotatable bonds is 3. The summed E-state index contributed by atoms with van der Waals surface area (Å²) < 4.78 is 0. The second kappa shape index (κ2) is 5.84. The van der Waals surface area contributed by atoms with Crippen molar-refractivity contribution in [1.82, 2.24) is 10.2 Å². The molecule has 3 aromatic rings. The zero-order chi connectivity index (χ0) is 18.3. The fourth-order valence-corrected chi connectivity index (χ4v) is 3.09. The van der Waals surface area contributed by atoms with Gasteiger partial charge in [0.1, 0.15) is 0 Å². The molecule has 0 bridgehead atoms. The van der Waals surface area contributed by atoms with Crippen molar-refractivity contribution in [2.75, 3.05) is 10.6 Å². The van der Waals surface area contributed by atoms with E-state index in [4.69, 9.17) is 0 Å². The van der Waals surface area contributed by atoms with Crippen LogP contribution in [0.2, 0.25) is 0 Å². The Kier molecular flexibility index (Phi) is 3.61. The van der Waals surface area contributed by atoms with E-state index in [1.165, 1.54) is 0 Å². The Morgan fingerprint density at radius 2 is 1.85 bits per heavy atom. The van der Waals surface area contributed by atoms with Crippen molar-refractivity contribution in [3.05, 3.63) is 66.0 Å². The lowest BCUT2D eigenvalue weighted by Gasteiger charge is -2.15. The molecule has 0 radical (unpaired) electrons. The summed E-state index contributed by atoms with van der Waals surface area (Å²) in [5.74, 6) is -0.275. The van der Waals surface area contributed by atoms with E-state index in [0.717, 1.165) is 16.7 Å². The summed E-state index contributed by atoms with van der Waals surface area (Å²) in [4.78, 5) is 24.6. The average molecular weight is 346 g/mol. The molecule has 1 aliphatic heterocycles. The van der Waals surface area contributed by atoms with Gasteiger partial charge in [0.05, 0.1) is 11.6 Å². The molecular weight excluding hydrogens is 328 g/mol. The number of fused-ring (bicyclic) bond motifs is 1. The maximum atomic E-state index is 12.5. The molecule has 0 saturated heterocycles. The highest BCUT2D eigenvalue weighted by Crippen LogP contribution is 2.37. The first-order valence-corrected chi connectivity index (χ1v) is 8.32. The third-order valence-corrected chi connectivity index (χ3v) is 4.75. The van der Waals surface area contributed by atoms with Gasteiger partial charge in [-0.15, -0.1) is 0 Å². The first-order chi connectivity index (χ1) is 12.4. The molecule has 6 heteroatoms. The Morgan fingerprint density at radius 1 is 1.08 bits per heavy atom. The van der Waals surface area contributed by atoms with Crippen LogP contribution in [-0.2, 0) is 10.2 Å². The van der Waals surface area contributed by atoms with Crippen LogP contribution in [0, 0.1) is 0 Å². The molecule has 26 heavy (non-hydrogen) atoms. The van der Waals surface area contributed by atoms with Crippen LogP contribution < -0.4 is 10.6 Å². The Balaban J connectivity index is 1.52. The minimum atomic E-state index is -0.576. The van der Waals surface area contributed by atoms with Gasteiger partial charge in [-0.25, -0.2) is 0 Å². The topological polar surface area (TPSA) is 86.9 Å². The van der Waals surface area contributed by atoms with E-state index in [1.54, 1.807) is 18.3 Å². The molecule has 0 fully saturated rings. The van der Waals surface area contributed by atoms with Crippen LogP contribution in [0.15, 0.2) is 54.9 Å². The molecular formula is C20H18N4O2. The number of hydrogen-bond acceptors (Lipinski definition) is 3. The van der Waals surface area contributed by atoms with Crippen molar-refractivity contribution in [2.24, 2.45) is 0 Å². The molecule has 2 aromatic carbocycles. The maximum absolute atomic E-state index is 12.5. The fraction of sp³-hybridized carbons (Fsp3) is 0.150. The second-order valence-electron chi connectivity index (χ2n) is 6.86. The van der Waals surface area contributed by atoms with Crippen molar-refractivity contribution in [3.63, 3.8) is 0 Å². The van der Waals surface area contributed by atoms with E-state index in [-0.39, 0.29) is 11.8 Å². The van der Waals surface area contributed by atoms with Gasteiger partial charge in [0.15, 0.2) is 0 Å². The Morgan fingerprint density at radius 3 is 2.54 bits per heavy atom. The first kappa shape index (κ1) is 16.1. The SMILES string of the molecule is CC1(C)C(=O)Nc2cc(C(=O)Nc3ccc(-c4cn[nH]c4)cc3)ccc21. The van der Waals surface area contributed by atoms with E-state index in [1.807, 2.05) is 50.4 Å². The van der Waals surface area contributed by atoms with Crippen LogP contribution in [0.4, 0.5) is 11.4 Å². The number of anilines is 2. The third kappa shape index (κ3) is 2.65. The van der Waals surface area contributed by atoms with Crippen molar-refractivity contribution in [2.45, 2.75) is 19.3 Å². The van der Waals surface area contributed by atoms with Crippen LogP contribution in [0.25, 0.3) is 11.1 Å². The zero-order valence-corrected chi connectivity index (χ0v) is 14.5. The summed E-state index contributed by atoms with van der Waals surface area (Å²) in [6.45, 7) is 3.74. The third-order valence-electron chi connectivity index (χ3n) is 4.75. The number of aromatic amines is 1. The molecule has 1 aromatic heterocycles. The van der Waals surface area contributed by atoms with Crippen molar-refractivity contribution in [1.29, 1.82) is 0 Å². The molecule has 1 aliphatic rings. The van der Waals surface area contributed by atoms with Gasteiger partial charge < -0.3 is 10.6 Å².